The number of rotatable bonds is 10. The van der Waals surface area contributed by atoms with E-state index in [0.29, 0.717) is 6.04 Å². The molecule has 0 radical (unpaired) electrons. The molecule has 3 heteroatoms. The first-order valence-electron chi connectivity index (χ1n) is 7.69. The second kappa shape index (κ2) is 9.78. The number of nitrogens with one attached hydrogen (secondary N) is 1. The van der Waals surface area contributed by atoms with Gasteiger partial charge in [0.05, 0.1) is 13.7 Å². The lowest BCUT2D eigenvalue weighted by Crippen LogP contribution is -2.39. The van der Waals surface area contributed by atoms with E-state index >= 15 is 0 Å². The van der Waals surface area contributed by atoms with Gasteiger partial charge < -0.3 is 15.2 Å². The zero-order chi connectivity index (χ0) is 14.8. The van der Waals surface area contributed by atoms with E-state index in [0.717, 1.165) is 25.0 Å². The van der Waals surface area contributed by atoms with Crippen LogP contribution in [0.15, 0.2) is 24.3 Å². The van der Waals surface area contributed by atoms with Crippen molar-refractivity contribution in [3.63, 3.8) is 0 Å². The summed E-state index contributed by atoms with van der Waals surface area (Å²) in [7, 11) is 1.69. The van der Waals surface area contributed by atoms with Crippen molar-refractivity contribution < 1.29 is 9.84 Å². The van der Waals surface area contributed by atoms with Crippen LogP contribution in [0.3, 0.4) is 0 Å². The Kier molecular flexibility index (Phi) is 8.31. The fourth-order valence-corrected chi connectivity index (χ4v) is 2.34. The standard InChI is InChI=1S/C17H29NO2/c1-4-5-6-16(13-19)18-14(2)7-8-15-9-11-17(20-3)12-10-15/h9-12,14,16,18-19H,4-8,13H2,1-3H3. The number of unbranched alkanes of at least 4 members (excludes halogenated alkanes) is 1. The van der Waals surface area contributed by atoms with E-state index in [-0.39, 0.29) is 12.6 Å². The third-order valence-electron chi connectivity index (χ3n) is 3.67. The minimum Gasteiger partial charge on any atom is -0.497 e. The van der Waals surface area contributed by atoms with Crippen LogP contribution in [-0.2, 0) is 6.42 Å². The molecule has 2 unspecified atom stereocenters. The molecular weight excluding hydrogens is 250 g/mol. The fraction of sp³-hybridized carbons (Fsp3) is 0.647. The molecule has 3 nitrogen and oxygen atoms in total. The van der Waals surface area contributed by atoms with Gasteiger partial charge in [0.1, 0.15) is 5.75 Å². The van der Waals surface area contributed by atoms with Crippen LogP contribution in [0, 0.1) is 0 Å². The molecule has 2 N–H and O–H groups in total. The normalized spacial score (nSPS) is 14.0. The van der Waals surface area contributed by atoms with E-state index in [9.17, 15) is 5.11 Å². The predicted molar refractivity (Wildman–Crippen MR) is 84.3 cm³/mol. The van der Waals surface area contributed by atoms with Gasteiger partial charge in [0.2, 0.25) is 0 Å². The molecule has 0 saturated heterocycles. The number of methoxy groups -OCH3 is 1. The fourth-order valence-electron chi connectivity index (χ4n) is 2.34. The highest BCUT2D eigenvalue weighted by molar-refractivity contribution is 5.27. The summed E-state index contributed by atoms with van der Waals surface area (Å²) in [5.74, 6) is 0.903. The lowest BCUT2D eigenvalue weighted by Gasteiger charge is -2.21. The van der Waals surface area contributed by atoms with Crippen molar-refractivity contribution in [3.05, 3.63) is 29.8 Å². The van der Waals surface area contributed by atoms with Gasteiger partial charge in [-0.3, -0.25) is 0 Å². The number of benzene rings is 1. The molecule has 0 fully saturated rings. The summed E-state index contributed by atoms with van der Waals surface area (Å²) < 4.78 is 5.16. The average molecular weight is 279 g/mol. The number of aryl methyl sites for hydroxylation is 1. The highest BCUT2D eigenvalue weighted by Crippen LogP contribution is 2.13. The Hall–Kier alpha value is -1.06. The highest BCUT2D eigenvalue weighted by atomic mass is 16.5. The molecular formula is C17H29NO2. The Balaban J connectivity index is 2.31. The van der Waals surface area contributed by atoms with Gasteiger partial charge >= 0.3 is 0 Å². The molecule has 0 aliphatic carbocycles. The number of hydrogen-bond acceptors (Lipinski definition) is 3. The molecule has 1 rings (SSSR count). The number of ether oxygens (including phenoxy) is 1. The van der Waals surface area contributed by atoms with Crippen LogP contribution in [0.25, 0.3) is 0 Å². The quantitative estimate of drug-likeness (QED) is 0.691. The van der Waals surface area contributed by atoms with Crippen LogP contribution in [0.5, 0.6) is 5.75 Å². The van der Waals surface area contributed by atoms with E-state index in [4.69, 9.17) is 4.74 Å². The Bertz CT molecular complexity index is 351. The maximum absolute atomic E-state index is 9.37. The van der Waals surface area contributed by atoms with Crippen LogP contribution >= 0.6 is 0 Å². The van der Waals surface area contributed by atoms with Crippen molar-refractivity contribution in [3.8, 4) is 5.75 Å². The molecule has 2 atom stereocenters. The van der Waals surface area contributed by atoms with E-state index in [1.165, 1.54) is 18.4 Å². The van der Waals surface area contributed by atoms with Gasteiger partial charge in [0.15, 0.2) is 0 Å². The minimum atomic E-state index is 0.229. The molecule has 20 heavy (non-hydrogen) atoms. The summed E-state index contributed by atoms with van der Waals surface area (Å²) in [6.45, 7) is 4.60. The molecule has 114 valence electrons. The van der Waals surface area contributed by atoms with Gasteiger partial charge in [0, 0.05) is 12.1 Å². The number of hydrogen-bond donors (Lipinski definition) is 2. The second-order valence-corrected chi connectivity index (χ2v) is 5.48. The summed E-state index contributed by atoms with van der Waals surface area (Å²) in [6, 6.07) is 8.90. The summed E-state index contributed by atoms with van der Waals surface area (Å²) >= 11 is 0. The molecule has 0 bridgehead atoms. The number of aliphatic hydroxyl groups excluding tert-OH is 1. The monoisotopic (exact) mass is 279 g/mol. The van der Waals surface area contributed by atoms with Gasteiger partial charge in [0.25, 0.3) is 0 Å². The van der Waals surface area contributed by atoms with Gasteiger partial charge in [-0.1, -0.05) is 31.9 Å². The third-order valence-corrected chi connectivity index (χ3v) is 3.67. The van der Waals surface area contributed by atoms with Crippen molar-refractivity contribution in [2.75, 3.05) is 13.7 Å². The van der Waals surface area contributed by atoms with Gasteiger partial charge in [-0.25, -0.2) is 0 Å². The van der Waals surface area contributed by atoms with Crippen LogP contribution < -0.4 is 10.1 Å². The molecule has 0 aliphatic heterocycles. The Labute approximate surface area is 123 Å². The van der Waals surface area contributed by atoms with Crippen molar-refractivity contribution in [2.24, 2.45) is 0 Å². The first-order chi connectivity index (χ1) is 9.69. The van der Waals surface area contributed by atoms with Crippen LogP contribution in [0.4, 0.5) is 0 Å². The maximum Gasteiger partial charge on any atom is 0.118 e. The van der Waals surface area contributed by atoms with E-state index < -0.39 is 0 Å². The summed E-state index contributed by atoms with van der Waals surface area (Å²) in [5, 5.41) is 12.9. The molecule has 1 aromatic carbocycles. The van der Waals surface area contributed by atoms with Crippen LogP contribution in [-0.4, -0.2) is 30.9 Å². The van der Waals surface area contributed by atoms with E-state index in [1.54, 1.807) is 7.11 Å². The molecule has 1 aromatic rings. The molecule has 0 spiro atoms. The molecule has 0 amide bonds. The highest BCUT2D eigenvalue weighted by Gasteiger charge is 2.10. The number of aliphatic hydroxyl groups is 1. The first-order valence-corrected chi connectivity index (χ1v) is 7.69. The predicted octanol–water partition coefficient (Wildman–Crippen LogP) is 3.16. The molecule has 0 aromatic heterocycles. The summed E-state index contributed by atoms with van der Waals surface area (Å²) in [5.41, 5.74) is 1.33. The average Bonchev–Trinajstić information content (AvgIpc) is 2.49. The molecule has 0 aliphatic rings. The van der Waals surface area contributed by atoms with Gasteiger partial charge in [-0.05, 0) is 43.9 Å². The lowest BCUT2D eigenvalue weighted by atomic mass is 10.0. The third kappa shape index (κ3) is 6.40. The van der Waals surface area contributed by atoms with Crippen LogP contribution in [0.2, 0.25) is 0 Å². The Morgan fingerprint density at radius 1 is 1.20 bits per heavy atom. The zero-order valence-corrected chi connectivity index (χ0v) is 13.1. The topological polar surface area (TPSA) is 41.5 Å². The second-order valence-electron chi connectivity index (χ2n) is 5.48. The van der Waals surface area contributed by atoms with Gasteiger partial charge in [-0.15, -0.1) is 0 Å². The first kappa shape index (κ1) is 17.0. The van der Waals surface area contributed by atoms with Crippen molar-refractivity contribution in [1.82, 2.24) is 5.32 Å². The van der Waals surface area contributed by atoms with Crippen LogP contribution in [0.1, 0.15) is 45.1 Å². The van der Waals surface area contributed by atoms with E-state index in [2.05, 4.69) is 31.3 Å². The largest absolute Gasteiger partial charge is 0.497 e. The zero-order valence-electron chi connectivity index (χ0n) is 13.1. The van der Waals surface area contributed by atoms with Gasteiger partial charge in [-0.2, -0.15) is 0 Å². The van der Waals surface area contributed by atoms with E-state index in [1.807, 2.05) is 12.1 Å². The lowest BCUT2D eigenvalue weighted by molar-refractivity contribution is 0.222. The summed E-state index contributed by atoms with van der Waals surface area (Å²) in [6.07, 6.45) is 5.53. The SMILES string of the molecule is CCCCC(CO)NC(C)CCc1ccc(OC)cc1. The van der Waals surface area contributed by atoms with Crippen molar-refractivity contribution in [2.45, 2.75) is 58.0 Å². The smallest absolute Gasteiger partial charge is 0.118 e. The Morgan fingerprint density at radius 2 is 1.90 bits per heavy atom. The molecule has 0 heterocycles. The molecule has 0 saturated carbocycles. The minimum absolute atomic E-state index is 0.229. The maximum atomic E-state index is 9.37. The Morgan fingerprint density at radius 3 is 2.45 bits per heavy atom. The van der Waals surface area contributed by atoms with Crippen molar-refractivity contribution >= 4 is 0 Å². The summed E-state index contributed by atoms with van der Waals surface area (Å²) in [4.78, 5) is 0. The van der Waals surface area contributed by atoms with Crippen molar-refractivity contribution in [1.29, 1.82) is 0 Å².